The van der Waals surface area contributed by atoms with Crippen LogP contribution in [0, 0.1) is 0 Å². The molecule has 0 saturated heterocycles. The van der Waals surface area contributed by atoms with Gasteiger partial charge in [-0.3, -0.25) is 4.79 Å². The number of hydrogen-bond acceptors (Lipinski definition) is 3. The van der Waals surface area contributed by atoms with Gasteiger partial charge in [-0.25, -0.2) is 0 Å². The van der Waals surface area contributed by atoms with Gasteiger partial charge in [0.2, 0.25) is 0 Å². The highest BCUT2D eigenvalue weighted by Crippen LogP contribution is 2.22. The quantitative estimate of drug-likeness (QED) is 0.889. The van der Waals surface area contributed by atoms with Crippen LogP contribution in [0.15, 0.2) is 12.1 Å². The number of carbonyl (C=O) groups excluding carboxylic acids is 1. The molecule has 0 radical (unpaired) electrons. The molecule has 0 atom stereocenters. The zero-order valence-corrected chi connectivity index (χ0v) is 10.5. The summed E-state index contributed by atoms with van der Waals surface area (Å²) in [7, 11) is 1.66. The molecule has 0 aliphatic rings. The highest BCUT2D eigenvalue weighted by Gasteiger charge is 2.27. The summed E-state index contributed by atoms with van der Waals surface area (Å²) in [5.74, 6) is -0.299. The minimum absolute atomic E-state index is 0.299. The Morgan fingerprint density at radius 2 is 2.20 bits per heavy atom. The Balaban J connectivity index is 2.64. The second kappa shape index (κ2) is 4.51. The average Bonchev–Trinajstić information content (AvgIpc) is 2.48. The highest BCUT2D eigenvalue weighted by molar-refractivity contribution is 7.16. The Kier molecular flexibility index (Phi) is 3.76. The zero-order valence-electron chi connectivity index (χ0n) is 8.95. The third kappa shape index (κ3) is 3.48. The van der Waals surface area contributed by atoms with Crippen LogP contribution >= 0.6 is 22.9 Å². The molecule has 0 unspecified atom stereocenters. The fourth-order valence-electron chi connectivity index (χ4n) is 1.21. The third-order valence-electron chi connectivity index (χ3n) is 1.89. The van der Waals surface area contributed by atoms with Gasteiger partial charge in [-0.2, -0.15) is 0 Å². The summed E-state index contributed by atoms with van der Waals surface area (Å²) in [6, 6.07) is 3.67. The van der Waals surface area contributed by atoms with Gasteiger partial charge < -0.3 is 10.0 Å². The minimum Gasteiger partial charge on any atom is -0.381 e. The van der Waals surface area contributed by atoms with Crippen molar-refractivity contribution >= 4 is 28.8 Å². The molecule has 0 aromatic carbocycles. The molecule has 84 valence electrons. The molecule has 3 nitrogen and oxygen atoms in total. The van der Waals surface area contributed by atoms with Gasteiger partial charge in [0.25, 0.3) is 5.91 Å². The molecule has 0 saturated carbocycles. The summed E-state index contributed by atoms with van der Waals surface area (Å²) in [6.45, 7) is 3.43. The van der Waals surface area contributed by atoms with Crippen LogP contribution in [0.2, 0.25) is 4.34 Å². The van der Waals surface area contributed by atoms with Crippen molar-refractivity contribution in [3.63, 3.8) is 0 Å². The minimum atomic E-state index is -1.32. The first kappa shape index (κ1) is 12.5. The van der Waals surface area contributed by atoms with Gasteiger partial charge in [0, 0.05) is 11.9 Å². The third-order valence-corrected chi connectivity index (χ3v) is 3.11. The number of aliphatic hydroxyl groups is 1. The summed E-state index contributed by atoms with van der Waals surface area (Å²) in [6.07, 6.45) is 0. The molecule has 0 aliphatic heterocycles. The first-order valence-electron chi connectivity index (χ1n) is 4.53. The second-order valence-electron chi connectivity index (χ2n) is 3.93. The van der Waals surface area contributed by atoms with Crippen molar-refractivity contribution in [1.29, 1.82) is 0 Å². The van der Waals surface area contributed by atoms with E-state index >= 15 is 0 Å². The van der Waals surface area contributed by atoms with E-state index in [-0.39, 0.29) is 5.91 Å². The summed E-state index contributed by atoms with van der Waals surface area (Å²) >= 11 is 7.21. The van der Waals surface area contributed by atoms with Gasteiger partial charge >= 0.3 is 0 Å². The van der Waals surface area contributed by atoms with Gasteiger partial charge in [0.15, 0.2) is 0 Å². The number of amides is 1. The number of carbonyl (C=O) groups is 1. The standard InChI is InChI=1S/C10H14ClNO2S/c1-10(2,14)9(13)12(3)6-7-4-5-8(11)15-7/h4-5,14H,6H2,1-3H3. The van der Waals surface area contributed by atoms with Crippen LogP contribution in [0.4, 0.5) is 0 Å². The van der Waals surface area contributed by atoms with E-state index in [0.29, 0.717) is 10.9 Å². The molecule has 0 spiro atoms. The largest absolute Gasteiger partial charge is 0.381 e. The van der Waals surface area contributed by atoms with Crippen LogP contribution in [-0.4, -0.2) is 28.6 Å². The van der Waals surface area contributed by atoms with Gasteiger partial charge in [-0.05, 0) is 26.0 Å². The molecule has 15 heavy (non-hydrogen) atoms. The lowest BCUT2D eigenvalue weighted by atomic mass is 10.1. The van der Waals surface area contributed by atoms with Crippen LogP contribution in [0.1, 0.15) is 18.7 Å². The van der Waals surface area contributed by atoms with Crippen molar-refractivity contribution in [2.45, 2.75) is 26.0 Å². The Hall–Kier alpha value is -0.580. The van der Waals surface area contributed by atoms with Crippen LogP contribution in [0.5, 0.6) is 0 Å². The molecule has 5 heteroatoms. The summed E-state index contributed by atoms with van der Waals surface area (Å²) in [5, 5.41) is 9.53. The predicted octanol–water partition coefficient (Wildman–Crippen LogP) is 2.13. The van der Waals surface area contributed by atoms with E-state index in [2.05, 4.69) is 0 Å². The van der Waals surface area contributed by atoms with E-state index in [1.807, 2.05) is 6.07 Å². The van der Waals surface area contributed by atoms with E-state index in [9.17, 15) is 9.90 Å². The molecule has 1 aromatic heterocycles. The number of likely N-dealkylation sites (N-methyl/N-ethyl adjacent to an activating group) is 1. The average molecular weight is 248 g/mol. The van der Waals surface area contributed by atoms with Gasteiger partial charge in [0.05, 0.1) is 10.9 Å². The van der Waals surface area contributed by atoms with E-state index in [1.54, 1.807) is 13.1 Å². The molecule has 1 heterocycles. The molecule has 1 aromatic rings. The van der Waals surface area contributed by atoms with E-state index in [1.165, 1.54) is 30.1 Å². The van der Waals surface area contributed by atoms with Crippen molar-refractivity contribution in [2.75, 3.05) is 7.05 Å². The number of rotatable bonds is 3. The lowest BCUT2D eigenvalue weighted by Crippen LogP contribution is -2.42. The molecular formula is C10H14ClNO2S. The Labute approximate surface area is 98.3 Å². The van der Waals surface area contributed by atoms with Crippen molar-refractivity contribution < 1.29 is 9.90 Å². The number of nitrogens with zero attached hydrogens (tertiary/aromatic N) is 1. The van der Waals surface area contributed by atoms with Gasteiger partial charge in [-0.15, -0.1) is 11.3 Å². The maximum absolute atomic E-state index is 11.6. The molecule has 1 N–H and O–H groups in total. The molecule has 1 amide bonds. The van der Waals surface area contributed by atoms with Crippen molar-refractivity contribution in [2.24, 2.45) is 0 Å². The smallest absolute Gasteiger partial charge is 0.254 e. The lowest BCUT2D eigenvalue weighted by molar-refractivity contribution is -0.146. The zero-order chi connectivity index (χ0) is 11.6. The van der Waals surface area contributed by atoms with Crippen molar-refractivity contribution in [3.05, 3.63) is 21.3 Å². The van der Waals surface area contributed by atoms with Crippen LogP contribution in [-0.2, 0) is 11.3 Å². The first-order chi connectivity index (χ1) is 6.80. The Morgan fingerprint density at radius 1 is 1.60 bits per heavy atom. The maximum Gasteiger partial charge on any atom is 0.254 e. The fourth-order valence-corrected chi connectivity index (χ4v) is 2.35. The number of hydrogen-bond donors (Lipinski definition) is 1. The lowest BCUT2D eigenvalue weighted by Gasteiger charge is -2.24. The summed E-state index contributed by atoms with van der Waals surface area (Å²) < 4.78 is 0.703. The van der Waals surface area contributed by atoms with Crippen LogP contribution < -0.4 is 0 Å². The summed E-state index contributed by atoms with van der Waals surface area (Å²) in [5.41, 5.74) is -1.32. The molecular weight excluding hydrogens is 234 g/mol. The van der Waals surface area contributed by atoms with E-state index in [4.69, 9.17) is 11.6 Å². The fraction of sp³-hybridized carbons (Fsp3) is 0.500. The van der Waals surface area contributed by atoms with Crippen molar-refractivity contribution in [3.8, 4) is 0 Å². The SMILES string of the molecule is CN(Cc1ccc(Cl)s1)C(=O)C(C)(C)O. The predicted molar refractivity (Wildman–Crippen MR) is 62.1 cm³/mol. The van der Waals surface area contributed by atoms with E-state index < -0.39 is 5.60 Å². The Morgan fingerprint density at radius 3 is 2.60 bits per heavy atom. The van der Waals surface area contributed by atoms with E-state index in [0.717, 1.165) is 4.88 Å². The molecule has 0 aliphatic carbocycles. The molecule has 0 bridgehead atoms. The topological polar surface area (TPSA) is 40.5 Å². The Bertz CT molecular complexity index is 357. The van der Waals surface area contributed by atoms with Gasteiger partial charge in [-0.1, -0.05) is 11.6 Å². The first-order valence-corrected chi connectivity index (χ1v) is 5.72. The normalized spacial score (nSPS) is 11.5. The molecule has 0 fully saturated rings. The van der Waals surface area contributed by atoms with Crippen LogP contribution in [0.25, 0.3) is 0 Å². The van der Waals surface area contributed by atoms with Gasteiger partial charge in [0.1, 0.15) is 5.60 Å². The highest BCUT2D eigenvalue weighted by atomic mass is 35.5. The van der Waals surface area contributed by atoms with Crippen LogP contribution in [0.3, 0.4) is 0 Å². The molecule has 1 rings (SSSR count). The number of thiophene rings is 1. The maximum atomic E-state index is 11.6. The monoisotopic (exact) mass is 247 g/mol. The second-order valence-corrected chi connectivity index (χ2v) is 5.73. The summed E-state index contributed by atoms with van der Waals surface area (Å²) in [4.78, 5) is 14.1. The number of halogens is 1. The van der Waals surface area contributed by atoms with Crippen molar-refractivity contribution in [1.82, 2.24) is 4.90 Å².